The maximum absolute atomic E-state index is 15.1. The van der Waals surface area contributed by atoms with Crippen molar-refractivity contribution < 1.29 is 27.1 Å². The van der Waals surface area contributed by atoms with E-state index < -0.39 is 45.8 Å². The number of methoxy groups -OCH3 is 1. The molecule has 4 aromatic carbocycles. The van der Waals surface area contributed by atoms with Gasteiger partial charge in [0, 0.05) is 24.1 Å². The minimum atomic E-state index is -4.32. The van der Waals surface area contributed by atoms with Crippen molar-refractivity contribution in [1.29, 1.82) is 0 Å². The zero-order valence-corrected chi connectivity index (χ0v) is 27.6. The highest BCUT2D eigenvalue weighted by Gasteiger charge is 2.36. The highest BCUT2D eigenvalue weighted by molar-refractivity contribution is 7.92. The number of aryl methyl sites for hydroxylation is 1. The third kappa shape index (κ3) is 8.51. The van der Waals surface area contributed by atoms with Crippen LogP contribution in [0.25, 0.3) is 0 Å². The van der Waals surface area contributed by atoms with Crippen LogP contribution in [0.15, 0.2) is 108 Å². The van der Waals surface area contributed by atoms with Gasteiger partial charge in [0.25, 0.3) is 10.0 Å². The average molecular weight is 646 g/mol. The minimum Gasteiger partial charge on any atom is -0.495 e. The summed E-state index contributed by atoms with van der Waals surface area (Å²) < 4.78 is 50.0. The number of amides is 2. The van der Waals surface area contributed by atoms with Crippen LogP contribution in [0.3, 0.4) is 0 Å². The number of rotatable bonds is 12. The van der Waals surface area contributed by atoms with Crippen LogP contribution in [-0.2, 0) is 32.6 Å². The molecule has 0 aromatic heterocycles. The predicted octanol–water partition coefficient (Wildman–Crippen LogP) is 5.89. The molecule has 0 spiro atoms. The Morgan fingerprint density at radius 2 is 1.48 bits per heavy atom. The van der Waals surface area contributed by atoms with Gasteiger partial charge in [-0.05, 0) is 63.6 Å². The third-order valence-corrected chi connectivity index (χ3v) is 9.08. The topological polar surface area (TPSA) is 96.0 Å². The summed E-state index contributed by atoms with van der Waals surface area (Å²) in [6.07, 6.45) is 0.113. The number of para-hydroxylation sites is 2. The van der Waals surface area contributed by atoms with E-state index in [0.717, 1.165) is 15.4 Å². The fourth-order valence-corrected chi connectivity index (χ4v) is 6.43. The number of ether oxygens (including phenoxy) is 1. The minimum absolute atomic E-state index is 0.0243. The van der Waals surface area contributed by atoms with Crippen LogP contribution in [0.4, 0.5) is 10.1 Å². The molecule has 4 rings (SSSR count). The van der Waals surface area contributed by atoms with Crippen molar-refractivity contribution in [3.63, 3.8) is 0 Å². The van der Waals surface area contributed by atoms with Gasteiger partial charge in [-0.3, -0.25) is 13.9 Å². The molecule has 46 heavy (non-hydrogen) atoms. The molecule has 0 fully saturated rings. The van der Waals surface area contributed by atoms with Gasteiger partial charge in [0.15, 0.2) is 0 Å². The molecule has 0 radical (unpaired) electrons. The summed E-state index contributed by atoms with van der Waals surface area (Å²) in [6, 6.07) is 26.9. The second-order valence-electron chi connectivity index (χ2n) is 12.1. The summed E-state index contributed by atoms with van der Waals surface area (Å²) in [5.74, 6) is -1.47. The number of hydrogen-bond donors (Lipinski definition) is 1. The summed E-state index contributed by atoms with van der Waals surface area (Å²) in [6.45, 7) is 6.36. The second-order valence-corrected chi connectivity index (χ2v) is 13.9. The summed E-state index contributed by atoms with van der Waals surface area (Å²) in [5.41, 5.74) is 1.32. The molecule has 2 amide bonds. The zero-order valence-electron chi connectivity index (χ0n) is 26.7. The van der Waals surface area contributed by atoms with E-state index in [1.165, 1.54) is 42.3 Å². The Hall–Kier alpha value is -4.70. The normalized spacial score (nSPS) is 12.2. The number of halogens is 1. The Balaban J connectivity index is 1.85. The second kappa shape index (κ2) is 14.6. The van der Waals surface area contributed by atoms with Crippen LogP contribution in [0, 0.1) is 12.7 Å². The van der Waals surface area contributed by atoms with Gasteiger partial charge in [-0.2, -0.15) is 0 Å². The lowest BCUT2D eigenvalue weighted by atomic mass is 10.0. The molecule has 0 aliphatic rings. The molecule has 8 nitrogen and oxygen atoms in total. The number of benzene rings is 4. The maximum Gasteiger partial charge on any atom is 0.264 e. The number of sulfonamides is 1. The molecule has 0 aliphatic carbocycles. The van der Waals surface area contributed by atoms with E-state index in [9.17, 15) is 18.0 Å². The SMILES string of the molecule is COc1ccccc1N(CC(=O)N(Cc1ccccc1F)C(Cc1ccccc1)C(=O)NC(C)(C)C)S(=O)(=O)c1ccc(C)cc1. The van der Waals surface area contributed by atoms with Crippen LogP contribution < -0.4 is 14.4 Å². The molecule has 0 aliphatic heterocycles. The smallest absolute Gasteiger partial charge is 0.264 e. The molecular formula is C36H40FN3O5S. The van der Waals surface area contributed by atoms with Gasteiger partial charge in [0.2, 0.25) is 11.8 Å². The van der Waals surface area contributed by atoms with E-state index in [-0.39, 0.29) is 34.9 Å². The van der Waals surface area contributed by atoms with Crippen molar-refractivity contribution in [2.45, 2.75) is 57.1 Å². The van der Waals surface area contributed by atoms with Crippen LogP contribution in [0.1, 0.15) is 37.5 Å². The molecule has 1 atom stereocenters. The lowest BCUT2D eigenvalue weighted by Gasteiger charge is -2.35. The molecule has 0 saturated carbocycles. The molecule has 0 saturated heterocycles. The van der Waals surface area contributed by atoms with E-state index in [1.807, 2.05) is 58.0 Å². The summed E-state index contributed by atoms with van der Waals surface area (Å²) in [4.78, 5) is 29.7. The lowest BCUT2D eigenvalue weighted by molar-refractivity contribution is -0.140. The first-order valence-corrected chi connectivity index (χ1v) is 16.4. The first-order valence-electron chi connectivity index (χ1n) is 14.9. The number of nitrogens with zero attached hydrogens (tertiary/aromatic N) is 2. The standard InChI is InChI=1S/C36H40FN3O5S/c1-26-19-21-29(22-20-26)46(43,44)40(31-17-11-12-18-33(31)45-5)25-34(41)39(24-28-15-9-10-16-30(28)37)32(35(42)38-36(2,3)4)23-27-13-7-6-8-14-27/h6-22,32H,23-25H2,1-5H3,(H,38,42). The van der Waals surface area contributed by atoms with Gasteiger partial charge in [-0.15, -0.1) is 0 Å². The lowest BCUT2D eigenvalue weighted by Crippen LogP contribution is -2.56. The molecule has 4 aromatic rings. The van der Waals surface area contributed by atoms with Crippen molar-refractivity contribution >= 4 is 27.5 Å². The number of nitrogens with one attached hydrogen (secondary N) is 1. The van der Waals surface area contributed by atoms with Crippen molar-refractivity contribution in [1.82, 2.24) is 10.2 Å². The predicted molar refractivity (Wildman–Crippen MR) is 177 cm³/mol. The third-order valence-electron chi connectivity index (χ3n) is 7.31. The molecule has 0 bridgehead atoms. The summed E-state index contributed by atoms with van der Waals surface area (Å²) in [7, 11) is -2.90. The van der Waals surface area contributed by atoms with E-state index >= 15 is 4.39 Å². The van der Waals surface area contributed by atoms with E-state index in [1.54, 1.807) is 42.5 Å². The first kappa shape index (κ1) is 34.2. The monoisotopic (exact) mass is 645 g/mol. The van der Waals surface area contributed by atoms with Crippen molar-refractivity contribution in [3.05, 3.63) is 126 Å². The molecule has 0 heterocycles. The number of hydrogen-bond acceptors (Lipinski definition) is 5. The van der Waals surface area contributed by atoms with Crippen molar-refractivity contribution in [3.8, 4) is 5.75 Å². The molecule has 1 N–H and O–H groups in total. The summed E-state index contributed by atoms with van der Waals surface area (Å²) in [5, 5.41) is 2.96. The Morgan fingerprint density at radius 3 is 2.11 bits per heavy atom. The molecule has 10 heteroatoms. The Morgan fingerprint density at radius 1 is 0.870 bits per heavy atom. The van der Waals surface area contributed by atoms with Crippen LogP contribution >= 0.6 is 0 Å². The first-order chi connectivity index (χ1) is 21.8. The number of carbonyl (C=O) groups is 2. The molecule has 242 valence electrons. The Bertz CT molecular complexity index is 1760. The van der Waals surface area contributed by atoms with Gasteiger partial charge >= 0.3 is 0 Å². The molecular weight excluding hydrogens is 605 g/mol. The quantitative estimate of drug-likeness (QED) is 0.207. The van der Waals surface area contributed by atoms with Crippen molar-refractivity contribution in [2.24, 2.45) is 0 Å². The van der Waals surface area contributed by atoms with Gasteiger partial charge in [0.1, 0.15) is 24.2 Å². The summed E-state index contributed by atoms with van der Waals surface area (Å²) >= 11 is 0. The Labute approximate surface area is 270 Å². The zero-order chi connectivity index (χ0) is 33.5. The van der Waals surface area contributed by atoms with E-state index in [4.69, 9.17) is 4.74 Å². The fourth-order valence-electron chi connectivity index (χ4n) is 5.00. The van der Waals surface area contributed by atoms with Gasteiger partial charge in [0.05, 0.1) is 17.7 Å². The van der Waals surface area contributed by atoms with Crippen LogP contribution in [-0.4, -0.2) is 50.4 Å². The highest BCUT2D eigenvalue weighted by Crippen LogP contribution is 2.33. The van der Waals surface area contributed by atoms with Crippen LogP contribution in [0.5, 0.6) is 5.75 Å². The van der Waals surface area contributed by atoms with E-state index in [0.29, 0.717) is 0 Å². The molecule has 1 unspecified atom stereocenters. The average Bonchev–Trinajstić information content (AvgIpc) is 3.02. The van der Waals surface area contributed by atoms with Crippen LogP contribution in [0.2, 0.25) is 0 Å². The number of anilines is 1. The maximum atomic E-state index is 15.1. The van der Waals surface area contributed by atoms with Gasteiger partial charge in [-0.25, -0.2) is 12.8 Å². The van der Waals surface area contributed by atoms with Gasteiger partial charge < -0.3 is 15.0 Å². The fraction of sp³-hybridized carbons (Fsp3) is 0.278. The van der Waals surface area contributed by atoms with Crippen molar-refractivity contribution in [2.75, 3.05) is 18.0 Å². The highest BCUT2D eigenvalue weighted by atomic mass is 32.2. The Kier molecular flexibility index (Phi) is 10.8. The number of carbonyl (C=O) groups excluding carboxylic acids is 2. The van der Waals surface area contributed by atoms with Gasteiger partial charge in [-0.1, -0.05) is 78.4 Å². The largest absolute Gasteiger partial charge is 0.495 e. The van der Waals surface area contributed by atoms with E-state index in [2.05, 4.69) is 5.32 Å².